The molecule has 6 nitrogen and oxygen atoms in total. The van der Waals surface area contributed by atoms with Gasteiger partial charge in [0.05, 0.1) is 5.56 Å². The van der Waals surface area contributed by atoms with Crippen molar-refractivity contribution < 1.29 is 19.1 Å². The molecule has 0 amide bonds. The summed E-state index contributed by atoms with van der Waals surface area (Å²) in [6, 6.07) is 7.17. The summed E-state index contributed by atoms with van der Waals surface area (Å²) in [7, 11) is 0. The lowest BCUT2D eigenvalue weighted by Gasteiger charge is -2.11. The molecule has 3 heterocycles. The Balaban J connectivity index is 1.64. The molecule has 2 aromatic heterocycles. The van der Waals surface area contributed by atoms with E-state index >= 15 is 0 Å². The molecule has 1 aromatic carbocycles. The minimum Gasteiger partial charge on any atom is -0.460 e. The second kappa shape index (κ2) is 7.52. The molecule has 1 aliphatic rings. The molecule has 0 unspecified atom stereocenters. The van der Waals surface area contributed by atoms with Crippen LogP contribution in [0, 0.1) is 13.8 Å². The van der Waals surface area contributed by atoms with Crippen LogP contribution in [-0.2, 0) is 14.3 Å². The van der Waals surface area contributed by atoms with Gasteiger partial charge in [-0.05, 0) is 38.5 Å². The van der Waals surface area contributed by atoms with E-state index < -0.39 is 18.0 Å². The third-order valence-corrected chi connectivity index (χ3v) is 6.81. The maximum absolute atomic E-state index is 12.7. The van der Waals surface area contributed by atoms with Gasteiger partial charge in [0.2, 0.25) is 6.10 Å². The standard InChI is InChI=1S/C20H18N2O4S2/c1-10-8-14(20(24)25-10)26-19(23)13-6-4-5-7-15(13)28-18-16-11(2)12(3)27-17(16)21-9-22-18/h4-7,9-10,14H,8H2,1-3H3/t10-,14+/m0/s1. The number of hydrogen-bond donors (Lipinski definition) is 0. The second-order valence-electron chi connectivity index (χ2n) is 6.62. The molecular formula is C20H18N2O4S2. The molecule has 1 saturated heterocycles. The summed E-state index contributed by atoms with van der Waals surface area (Å²) in [5.41, 5.74) is 1.54. The quantitative estimate of drug-likeness (QED) is 0.465. The zero-order chi connectivity index (χ0) is 19.8. The maximum Gasteiger partial charge on any atom is 0.347 e. The lowest BCUT2D eigenvalue weighted by molar-refractivity contribution is -0.147. The van der Waals surface area contributed by atoms with Gasteiger partial charge in [-0.1, -0.05) is 23.9 Å². The number of cyclic esters (lactones) is 1. The largest absolute Gasteiger partial charge is 0.460 e. The van der Waals surface area contributed by atoms with Gasteiger partial charge in [0.15, 0.2) is 0 Å². The molecule has 4 rings (SSSR count). The number of rotatable bonds is 4. The Kier molecular flexibility index (Phi) is 5.07. The average molecular weight is 415 g/mol. The number of fused-ring (bicyclic) bond motifs is 1. The third-order valence-electron chi connectivity index (χ3n) is 4.62. The predicted octanol–water partition coefficient (Wildman–Crippen LogP) is 4.32. The minimum atomic E-state index is -0.854. The van der Waals surface area contributed by atoms with Gasteiger partial charge in [-0.2, -0.15) is 0 Å². The third kappa shape index (κ3) is 3.49. The Labute approximate surface area is 170 Å². The predicted molar refractivity (Wildman–Crippen MR) is 107 cm³/mol. The van der Waals surface area contributed by atoms with Gasteiger partial charge in [-0.3, -0.25) is 0 Å². The summed E-state index contributed by atoms with van der Waals surface area (Å²) in [5.74, 6) is -1.03. The first-order chi connectivity index (χ1) is 13.4. The molecule has 3 aromatic rings. The van der Waals surface area contributed by atoms with E-state index in [1.54, 1.807) is 30.4 Å². The van der Waals surface area contributed by atoms with Crippen molar-refractivity contribution in [1.82, 2.24) is 9.97 Å². The number of hydrogen-bond acceptors (Lipinski definition) is 8. The highest BCUT2D eigenvalue weighted by Gasteiger charge is 2.35. The van der Waals surface area contributed by atoms with E-state index in [2.05, 4.69) is 23.8 Å². The molecule has 0 spiro atoms. The molecule has 0 aliphatic carbocycles. The number of aryl methyl sites for hydroxylation is 2. The number of thiophene rings is 1. The van der Waals surface area contributed by atoms with Crippen molar-refractivity contribution in [1.29, 1.82) is 0 Å². The average Bonchev–Trinajstić information content (AvgIpc) is 3.14. The Hall–Kier alpha value is -2.45. The van der Waals surface area contributed by atoms with Crippen molar-refractivity contribution in [3.8, 4) is 0 Å². The summed E-state index contributed by atoms with van der Waals surface area (Å²) < 4.78 is 10.5. The van der Waals surface area contributed by atoms with Crippen LogP contribution in [0.4, 0.5) is 0 Å². The van der Waals surface area contributed by atoms with Gasteiger partial charge < -0.3 is 9.47 Å². The molecule has 1 fully saturated rings. The van der Waals surface area contributed by atoms with Gasteiger partial charge in [0.25, 0.3) is 0 Å². The lowest BCUT2D eigenvalue weighted by Crippen LogP contribution is -2.23. The summed E-state index contributed by atoms with van der Waals surface area (Å²) in [5, 5.41) is 1.80. The van der Waals surface area contributed by atoms with E-state index in [4.69, 9.17) is 9.47 Å². The van der Waals surface area contributed by atoms with Crippen LogP contribution in [0.3, 0.4) is 0 Å². The Morgan fingerprint density at radius 3 is 2.82 bits per heavy atom. The minimum absolute atomic E-state index is 0.242. The summed E-state index contributed by atoms with van der Waals surface area (Å²) in [6.07, 6.45) is 0.818. The van der Waals surface area contributed by atoms with Gasteiger partial charge in [-0.15, -0.1) is 11.3 Å². The monoisotopic (exact) mass is 414 g/mol. The molecule has 0 saturated carbocycles. The Morgan fingerprint density at radius 2 is 2.07 bits per heavy atom. The molecule has 0 radical (unpaired) electrons. The molecular weight excluding hydrogens is 396 g/mol. The first-order valence-corrected chi connectivity index (χ1v) is 10.5. The van der Waals surface area contributed by atoms with Crippen molar-refractivity contribution in [3.05, 3.63) is 46.6 Å². The molecule has 0 bridgehead atoms. The van der Waals surface area contributed by atoms with Gasteiger partial charge in [-0.25, -0.2) is 19.6 Å². The highest BCUT2D eigenvalue weighted by molar-refractivity contribution is 7.99. The normalized spacial score (nSPS) is 19.0. The van der Waals surface area contributed by atoms with E-state index in [0.29, 0.717) is 12.0 Å². The highest BCUT2D eigenvalue weighted by Crippen LogP contribution is 2.38. The number of carbonyl (C=O) groups is 2. The van der Waals surface area contributed by atoms with Crippen LogP contribution in [0.25, 0.3) is 10.2 Å². The number of aromatic nitrogens is 2. The molecule has 144 valence electrons. The molecule has 8 heteroatoms. The van der Waals surface area contributed by atoms with Crippen LogP contribution in [0.2, 0.25) is 0 Å². The van der Waals surface area contributed by atoms with Crippen molar-refractivity contribution >= 4 is 45.3 Å². The maximum atomic E-state index is 12.7. The molecule has 0 N–H and O–H groups in total. The lowest BCUT2D eigenvalue weighted by atomic mass is 10.2. The van der Waals surface area contributed by atoms with Gasteiger partial charge in [0, 0.05) is 21.6 Å². The van der Waals surface area contributed by atoms with Crippen LogP contribution in [0.5, 0.6) is 0 Å². The van der Waals surface area contributed by atoms with Crippen molar-refractivity contribution in [2.24, 2.45) is 0 Å². The van der Waals surface area contributed by atoms with Crippen LogP contribution in [0.15, 0.2) is 40.5 Å². The first-order valence-electron chi connectivity index (χ1n) is 8.83. The van der Waals surface area contributed by atoms with Crippen LogP contribution in [-0.4, -0.2) is 34.1 Å². The fourth-order valence-corrected chi connectivity index (χ4v) is 5.19. The molecule has 28 heavy (non-hydrogen) atoms. The zero-order valence-corrected chi connectivity index (χ0v) is 17.2. The number of nitrogens with zero attached hydrogens (tertiary/aromatic N) is 2. The fourth-order valence-electron chi connectivity index (χ4n) is 3.06. The fraction of sp³-hybridized carbons (Fsp3) is 0.300. The van der Waals surface area contributed by atoms with E-state index in [0.717, 1.165) is 25.7 Å². The van der Waals surface area contributed by atoms with Gasteiger partial charge in [0.1, 0.15) is 22.3 Å². The summed E-state index contributed by atoms with van der Waals surface area (Å²) in [4.78, 5) is 36.1. The van der Waals surface area contributed by atoms with Gasteiger partial charge >= 0.3 is 11.9 Å². The van der Waals surface area contributed by atoms with Crippen LogP contribution < -0.4 is 0 Å². The highest BCUT2D eigenvalue weighted by atomic mass is 32.2. The molecule has 1 aliphatic heterocycles. The zero-order valence-electron chi connectivity index (χ0n) is 15.6. The topological polar surface area (TPSA) is 78.4 Å². The van der Waals surface area contributed by atoms with Crippen molar-refractivity contribution in [2.45, 2.75) is 49.3 Å². The molecule has 2 atom stereocenters. The Morgan fingerprint density at radius 1 is 1.29 bits per heavy atom. The van der Waals surface area contributed by atoms with Crippen molar-refractivity contribution in [3.63, 3.8) is 0 Å². The summed E-state index contributed by atoms with van der Waals surface area (Å²) >= 11 is 3.03. The van der Waals surface area contributed by atoms with E-state index in [1.165, 1.54) is 23.0 Å². The van der Waals surface area contributed by atoms with E-state index in [-0.39, 0.29) is 6.10 Å². The van der Waals surface area contributed by atoms with E-state index in [1.807, 2.05) is 12.1 Å². The second-order valence-corrected chi connectivity index (χ2v) is 8.85. The van der Waals surface area contributed by atoms with Crippen LogP contribution in [0.1, 0.15) is 34.1 Å². The SMILES string of the molecule is Cc1sc2ncnc(Sc3ccccc3C(=O)O[C@@H]3C[C@H](C)OC3=O)c2c1C. The smallest absolute Gasteiger partial charge is 0.347 e. The number of carbonyl (C=O) groups excluding carboxylic acids is 2. The number of ether oxygens (including phenoxy) is 2. The first kappa shape index (κ1) is 18.9. The van der Waals surface area contributed by atoms with Crippen molar-refractivity contribution in [2.75, 3.05) is 0 Å². The number of esters is 2. The Bertz CT molecular complexity index is 1080. The number of benzene rings is 1. The summed E-state index contributed by atoms with van der Waals surface area (Å²) in [6.45, 7) is 5.89. The van der Waals surface area contributed by atoms with Crippen LogP contribution >= 0.6 is 23.1 Å². The van der Waals surface area contributed by atoms with E-state index in [9.17, 15) is 9.59 Å².